The van der Waals surface area contributed by atoms with Gasteiger partial charge < -0.3 is 10.1 Å². The number of benzene rings is 1. The number of ether oxygens (including phenoxy) is 1. The van der Waals surface area contributed by atoms with Gasteiger partial charge in [-0.3, -0.25) is 0 Å². The van der Waals surface area contributed by atoms with E-state index in [2.05, 4.69) is 50.4 Å². The molecule has 0 aliphatic carbocycles. The molecule has 3 atom stereocenters. The molecular formula is C17H27NO. The van der Waals surface area contributed by atoms with Gasteiger partial charge in [-0.2, -0.15) is 0 Å². The molecule has 0 bridgehead atoms. The SMILES string of the molecule is CCNCC(C)C(C)CC1CCOc2ccccc21. The molecule has 2 nitrogen and oxygen atoms in total. The van der Waals surface area contributed by atoms with Crippen LogP contribution in [0.4, 0.5) is 0 Å². The standard InChI is InChI=1S/C17H27NO/c1-4-18-12-14(3)13(2)11-15-9-10-19-17-8-6-5-7-16(15)17/h5-8,13-15,18H,4,9-12H2,1-3H3. The van der Waals surface area contributed by atoms with Gasteiger partial charge in [0.05, 0.1) is 6.61 Å². The van der Waals surface area contributed by atoms with Gasteiger partial charge in [0, 0.05) is 0 Å². The first-order valence-electron chi connectivity index (χ1n) is 7.64. The van der Waals surface area contributed by atoms with Gasteiger partial charge in [-0.15, -0.1) is 0 Å². The summed E-state index contributed by atoms with van der Waals surface area (Å²) in [5.74, 6) is 3.25. The third kappa shape index (κ3) is 3.73. The molecule has 2 rings (SSSR count). The third-order valence-corrected chi connectivity index (χ3v) is 4.43. The van der Waals surface area contributed by atoms with Crippen LogP contribution in [0.5, 0.6) is 5.75 Å². The average Bonchev–Trinajstić information content (AvgIpc) is 2.45. The van der Waals surface area contributed by atoms with E-state index in [0.29, 0.717) is 5.92 Å². The van der Waals surface area contributed by atoms with Crippen LogP contribution in [0, 0.1) is 11.8 Å². The van der Waals surface area contributed by atoms with E-state index < -0.39 is 0 Å². The summed E-state index contributed by atoms with van der Waals surface area (Å²) in [4.78, 5) is 0. The first-order valence-corrected chi connectivity index (χ1v) is 7.64. The Morgan fingerprint density at radius 2 is 2.05 bits per heavy atom. The highest BCUT2D eigenvalue weighted by atomic mass is 16.5. The Balaban J connectivity index is 1.96. The van der Waals surface area contributed by atoms with Crippen LogP contribution in [0.15, 0.2) is 24.3 Å². The van der Waals surface area contributed by atoms with Crippen LogP contribution < -0.4 is 10.1 Å². The molecule has 1 heterocycles. The second kappa shape index (κ2) is 6.95. The number of nitrogens with one attached hydrogen (secondary N) is 1. The van der Waals surface area contributed by atoms with Gasteiger partial charge in [-0.1, -0.05) is 39.0 Å². The zero-order valence-electron chi connectivity index (χ0n) is 12.5. The molecule has 106 valence electrons. The van der Waals surface area contributed by atoms with Gasteiger partial charge in [0.1, 0.15) is 5.75 Å². The van der Waals surface area contributed by atoms with Crippen molar-refractivity contribution in [3.63, 3.8) is 0 Å². The molecule has 0 saturated heterocycles. The van der Waals surface area contributed by atoms with Crippen LogP contribution in [0.25, 0.3) is 0 Å². The summed E-state index contributed by atoms with van der Waals surface area (Å²) in [6, 6.07) is 8.54. The molecule has 1 aromatic carbocycles. The molecule has 1 N–H and O–H groups in total. The van der Waals surface area contributed by atoms with Gasteiger partial charge in [-0.05, 0) is 55.3 Å². The van der Waals surface area contributed by atoms with Crippen LogP contribution >= 0.6 is 0 Å². The minimum atomic E-state index is 0.670. The van der Waals surface area contributed by atoms with Crippen molar-refractivity contribution < 1.29 is 4.74 Å². The van der Waals surface area contributed by atoms with Crippen LogP contribution in [-0.2, 0) is 0 Å². The lowest BCUT2D eigenvalue weighted by Crippen LogP contribution is -2.26. The average molecular weight is 261 g/mol. The highest BCUT2D eigenvalue weighted by molar-refractivity contribution is 5.37. The molecule has 0 spiro atoms. The van der Waals surface area contributed by atoms with Gasteiger partial charge in [0.2, 0.25) is 0 Å². The van der Waals surface area contributed by atoms with Gasteiger partial charge in [0.25, 0.3) is 0 Å². The summed E-state index contributed by atoms with van der Waals surface area (Å²) >= 11 is 0. The van der Waals surface area contributed by atoms with Gasteiger partial charge >= 0.3 is 0 Å². The van der Waals surface area contributed by atoms with Crippen molar-refractivity contribution in [2.75, 3.05) is 19.7 Å². The molecule has 0 radical (unpaired) electrons. The summed E-state index contributed by atoms with van der Waals surface area (Å²) < 4.78 is 5.75. The highest BCUT2D eigenvalue weighted by Gasteiger charge is 2.24. The number of hydrogen-bond acceptors (Lipinski definition) is 2. The Morgan fingerprint density at radius 3 is 2.84 bits per heavy atom. The van der Waals surface area contributed by atoms with Crippen LogP contribution in [-0.4, -0.2) is 19.7 Å². The fourth-order valence-electron chi connectivity index (χ4n) is 2.91. The summed E-state index contributed by atoms with van der Waals surface area (Å²) in [5.41, 5.74) is 1.41. The van der Waals surface area contributed by atoms with E-state index in [1.165, 1.54) is 12.0 Å². The first-order chi connectivity index (χ1) is 9.22. The molecule has 0 fully saturated rings. The smallest absolute Gasteiger partial charge is 0.122 e. The Morgan fingerprint density at radius 1 is 1.26 bits per heavy atom. The topological polar surface area (TPSA) is 21.3 Å². The van der Waals surface area contributed by atoms with Crippen LogP contribution in [0.2, 0.25) is 0 Å². The Kier molecular flexibility index (Phi) is 5.26. The second-order valence-electron chi connectivity index (χ2n) is 5.87. The fraction of sp³-hybridized carbons (Fsp3) is 0.647. The van der Waals surface area contributed by atoms with Gasteiger partial charge in [-0.25, -0.2) is 0 Å². The molecule has 0 amide bonds. The van der Waals surface area contributed by atoms with Crippen molar-refractivity contribution in [2.24, 2.45) is 11.8 Å². The van der Waals surface area contributed by atoms with E-state index in [4.69, 9.17) is 4.74 Å². The Bertz CT molecular complexity index is 391. The summed E-state index contributed by atoms with van der Waals surface area (Å²) in [6.45, 7) is 9.99. The van der Waals surface area contributed by atoms with Crippen molar-refractivity contribution in [3.05, 3.63) is 29.8 Å². The zero-order valence-corrected chi connectivity index (χ0v) is 12.5. The molecule has 0 saturated carbocycles. The van der Waals surface area contributed by atoms with Crippen LogP contribution in [0.1, 0.15) is 45.1 Å². The van der Waals surface area contributed by atoms with Crippen LogP contribution in [0.3, 0.4) is 0 Å². The molecule has 1 aliphatic heterocycles. The maximum Gasteiger partial charge on any atom is 0.122 e. The van der Waals surface area contributed by atoms with E-state index in [1.807, 2.05) is 0 Å². The predicted octanol–water partition coefficient (Wildman–Crippen LogP) is 3.82. The molecule has 3 unspecified atom stereocenters. The van der Waals surface area contributed by atoms with E-state index >= 15 is 0 Å². The molecular weight excluding hydrogens is 234 g/mol. The monoisotopic (exact) mass is 261 g/mol. The lowest BCUT2D eigenvalue weighted by molar-refractivity contribution is 0.239. The van der Waals surface area contributed by atoms with Crippen molar-refractivity contribution in [1.29, 1.82) is 0 Å². The third-order valence-electron chi connectivity index (χ3n) is 4.43. The van der Waals surface area contributed by atoms with E-state index in [1.54, 1.807) is 0 Å². The lowest BCUT2D eigenvalue weighted by Gasteiger charge is -2.30. The van der Waals surface area contributed by atoms with E-state index in [9.17, 15) is 0 Å². The van der Waals surface area contributed by atoms with Crippen molar-refractivity contribution in [3.8, 4) is 5.75 Å². The number of para-hydroxylation sites is 1. The number of fused-ring (bicyclic) bond motifs is 1. The maximum atomic E-state index is 5.75. The summed E-state index contributed by atoms with van der Waals surface area (Å²) in [5, 5.41) is 3.46. The number of rotatable bonds is 6. The second-order valence-corrected chi connectivity index (χ2v) is 5.87. The molecule has 2 heteroatoms. The lowest BCUT2D eigenvalue weighted by atomic mass is 9.81. The van der Waals surface area contributed by atoms with Crippen molar-refractivity contribution in [1.82, 2.24) is 5.32 Å². The maximum absolute atomic E-state index is 5.75. The quantitative estimate of drug-likeness (QED) is 0.840. The minimum absolute atomic E-state index is 0.670. The predicted molar refractivity (Wildman–Crippen MR) is 80.8 cm³/mol. The molecule has 19 heavy (non-hydrogen) atoms. The highest BCUT2D eigenvalue weighted by Crippen LogP contribution is 2.38. The fourth-order valence-corrected chi connectivity index (χ4v) is 2.91. The normalized spacial score (nSPS) is 21.3. The molecule has 0 aromatic heterocycles. The van der Waals surface area contributed by atoms with E-state index in [0.717, 1.165) is 43.7 Å². The van der Waals surface area contributed by atoms with Crippen molar-refractivity contribution in [2.45, 2.75) is 39.5 Å². The number of hydrogen-bond donors (Lipinski definition) is 1. The van der Waals surface area contributed by atoms with Crippen molar-refractivity contribution >= 4 is 0 Å². The summed E-state index contributed by atoms with van der Waals surface area (Å²) in [6.07, 6.45) is 2.43. The largest absolute Gasteiger partial charge is 0.493 e. The zero-order chi connectivity index (χ0) is 13.7. The Labute approximate surface area is 117 Å². The first kappa shape index (κ1) is 14.4. The Hall–Kier alpha value is -1.02. The minimum Gasteiger partial charge on any atom is -0.493 e. The van der Waals surface area contributed by atoms with Gasteiger partial charge in [0.15, 0.2) is 0 Å². The molecule has 1 aliphatic rings. The summed E-state index contributed by atoms with van der Waals surface area (Å²) in [7, 11) is 0. The van der Waals surface area contributed by atoms with E-state index in [-0.39, 0.29) is 0 Å². The molecule has 1 aromatic rings.